The highest BCUT2D eigenvalue weighted by molar-refractivity contribution is 7.23. The van der Waals surface area contributed by atoms with Crippen molar-refractivity contribution in [1.82, 2.24) is 19.6 Å². The van der Waals surface area contributed by atoms with E-state index in [0.717, 1.165) is 62.1 Å². The number of aromatic carboxylic acids is 1. The number of Topliss-reactive ketones (excluding diaryl/α,β-unsaturated/α-hetero) is 1. The van der Waals surface area contributed by atoms with Crippen molar-refractivity contribution in [2.75, 3.05) is 26.2 Å². The van der Waals surface area contributed by atoms with Crippen LogP contribution in [0.3, 0.4) is 0 Å². The summed E-state index contributed by atoms with van der Waals surface area (Å²) < 4.78 is 30.9. The normalized spacial score (nSPS) is 18.7. The van der Waals surface area contributed by atoms with Crippen LogP contribution in [-0.2, 0) is 0 Å². The highest BCUT2D eigenvalue weighted by Gasteiger charge is 2.26. The lowest BCUT2D eigenvalue weighted by molar-refractivity contribution is 0.0690. The first-order valence-corrected chi connectivity index (χ1v) is 14.8. The molecule has 40 heavy (non-hydrogen) atoms. The largest absolute Gasteiger partial charge is 0.476 e. The highest BCUT2D eigenvalue weighted by Crippen LogP contribution is 2.36. The van der Waals surface area contributed by atoms with E-state index in [1.807, 2.05) is 6.07 Å². The molecule has 0 unspecified atom stereocenters. The molecule has 0 aliphatic carbocycles. The summed E-state index contributed by atoms with van der Waals surface area (Å²) in [4.78, 5) is 32.5. The van der Waals surface area contributed by atoms with E-state index < -0.39 is 18.0 Å². The first-order chi connectivity index (χ1) is 19.4. The number of fused-ring (bicyclic) bond motifs is 3. The van der Waals surface area contributed by atoms with Gasteiger partial charge in [0.25, 0.3) is 0 Å². The van der Waals surface area contributed by atoms with Gasteiger partial charge >= 0.3 is 5.97 Å². The molecule has 2 fully saturated rings. The molecule has 210 valence electrons. The molecule has 2 aromatic carbocycles. The lowest BCUT2D eigenvalue weighted by Gasteiger charge is -2.28. The predicted octanol–water partition coefficient (Wildman–Crippen LogP) is 6.26. The first-order valence-electron chi connectivity index (χ1n) is 14.0. The molecule has 0 saturated carbocycles. The molecular weight excluding hydrogens is 534 g/mol. The number of likely N-dealkylation sites (tertiary alicyclic amines) is 1. The molecule has 2 aliphatic heterocycles. The number of benzene rings is 2. The van der Waals surface area contributed by atoms with E-state index in [0.29, 0.717) is 35.3 Å². The summed E-state index contributed by atoms with van der Waals surface area (Å²) in [5.74, 6) is -1.66. The van der Waals surface area contributed by atoms with E-state index in [-0.39, 0.29) is 28.8 Å². The SMILES string of the molecule is O=C(CCCCN1CCC(F)CC1)c1ccc2c(c1)sc1nc(-c3ccc([C@H]4CCCN4)cc3F)c(C(=O)O)n12. The summed E-state index contributed by atoms with van der Waals surface area (Å²) in [6.45, 7) is 3.34. The van der Waals surface area contributed by atoms with Gasteiger partial charge in [0.1, 0.15) is 17.7 Å². The summed E-state index contributed by atoms with van der Waals surface area (Å²) in [6, 6.07) is 10.3. The quantitative estimate of drug-likeness (QED) is 0.184. The van der Waals surface area contributed by atoms with Crippen molar-refractivity contribution in [3.05, 3.63) is 59.0 Å². The number of carboxylic acids is 1. The molecule has 0 amide bonds. The Bertz CT molecular complexity index is 1570. The number of piperidine rings is 1. The zero-order valence-electron chi connectivity index (χ0n) is 22.2. The number of carboxylic acid groups (broad SMARTS) is 1. The van der Waals surface area contributed by atoms with Gasteiger partial charge < -0.3 is 15.3 Å². The van der Waals surface area contributed by atoms with Crippen LogP contribution in [-0.4, -0.2) is 63.5 Å². The van der Waals surface area contributed by atoms with Crippen molar-refractivity contribution in [2.45, 2.75) is 57.2 Å². The minimum Gasteiger partial charge on any atom is -0.476 e. The molecule has 2 saturated heterocycles. The second kappa shape index (κ2) is 11.3. The number of ketones is 1. The summed E-state index contributed by atoms with van der Waals surface area (Å²) >= 11 is 1.28. The van der Waals surface area contributed by atoms with Gasteiger partial charge in [-0.25, -0.2) is 18.6 Å². The number of nitrogens with zero attached hydrogens (tertiary/aromatic N) is 3. The predicted molar refractivity (Wildman–Crippen MR) is 152 cm³/mol. The number of carbonyl (C=O) groups is 2. The van der Waals surface area contributed by atoms with Crippen molar-refractivity contribution in [3.8, 4) is 11.3 Å². The van der Waals surface area contributed by atoms with Crippen molar-refractivity contribution >= 4 is 38.3 Å². The third kappa shape index (κ3) is 5.27. The summed E-state index contributed by atoms with van der Waals surface area (Å²) in [7, 11) is 0. The molecule has 0 bridgehead atoms. The number of alkyl halides is 1. The fourth-order valence-electron chi connectivity index (χ4n) is 5.93. The Hall–Kier alpha value is -3.21. The Morgan fingerprint density at radius 1 is 1.10 bits per heavy atom. The molecule has 0 spiro atoms. The van der Waals surface area contributed by atoms with E-state index in [2.05, 4.69) is 15.2 Å². The number of rotatable bonds is 9. The standard InChI is InChI=1S/C30H32F2N4O3S/c31-20-10-14-35(15-11-20)13-2-1-5-25(37)19-7-9-24-26(17-19)40-30-34-27(28(29(38)39)36(24)30)21-8-6-18(16-22(21)32)23-4-3-12-33-23/h6-9,16-17,20,23,33H,1-5,10-15H2,(H,38,39)/t23-/m1/s1. The summed E-state index contributed by atoms with van der Waals surface area (Å²) in [6.07, 6.45) is 4.54. The minimum atomic E-state index is -1.20. The zero-order chi connectivity index (χ0) is 27.8. The van der Waals surface area contributed by atoms with Gasteiger partial charge in [-0.2, -0.15) is 0 Å². The third-order valence-electron chi connectivity index (χ3n) is 8.13. The van der Waals surface area contributed by atoms with Crippen LogP contribution in [0.4, 0.5) is 8.78 Å². The number of hydrogen-bond acceptors (Lipinski definition) is 6. The Labute approximate surface area is 234 Å². The van der Waals surface area contributed by atoms with Gasteiger partial charge in [0.15, 0.2) is 16.4 Å². The number of imidazole rings is 1. The molecule has 1 atom stereocenters. The van der Waals surface area contributed by atoms with Crippen LogP contribution in [0, 0.1) is 5.82 Å². The molecule has 0 radical (unpaired) electrons. The van der Waals surface area contributed by atoms with E-state index in [1.54, 1.807) is 28.7 Å². The smallest absolute Gasteiger partial charge is 0.355 e. The van der Waals surface area contributed by atoms with Gasteiger partial charge in [-0.15, -0.1) is 0 Å². The van der Waals surface area contributed by atoms with Gasteiger partial charge in [-0.1, -0.05) is 17.4 Å². The molecule has 2 aliphatic rings. The molecule has 7 nitrogen and oxygen atoms in total. The lowest BCUT2D eigenvalue weighted by atomic mass is 10.0. The molecular formula is C30H32F2N4O3S. The minimum absolute atomic E-state index is 0.0356. The number of aromatic nitrogens is 2. The van der Waals surface area contributed by atoms with Gasteiger partial charge in [0, 0.05) is 36.7 Å². The van der Waals surface area contributed by atoms with Gasteiger partial charge in [-0.05, 0) is 87.5 Å². The van der Waals surface area contributed by atoms with E-state index in [1.165, 1.54) is 17.4 Å². The van der Waals surface area contributed by atoms with Crippen molar-refractivity contribution in [1.29, 1.82) is 0 Å². The fourth-order valence-corrected chi connectivity index (χ4v) is 6.99. The number of nitrogens with one attached hydrogen (secondary N) is 1. The molecule has 2 aromatic heterocycles. The second-order valence-electron chi connectivity index (χ2n) is 10.8. The Morgan fingerprint density at radius 2 is 1.93 bits per heavy atom. The van der Waals surface area contributed by atoms with Crippen molar-refractivity contribution < 1.29 is 23.5 Å². The van der Waals surface area contributed by atoms with Crippen LogP contribution in [0.1, 0.15) is 77.4 Å². The molecule has 6 rings (SSSR count). The topological polar surface area (TPSA) is 86.9 Å². The lowest BCUT2D eigenvalue weighted by Crippen LogP contribution is -2.35. The van der Waals surface area contributed by atoms with E-state index in [9.17, 15) is 19.1 Å². The van der Waals surface area contributed by atoms with E-state index in [4.69, 9.17) is 0 Å². The monoisotopic (exact) mass is 566 g/mol. The van der Waals surface area contributed by atoms with Gasteiger partial charge in [0.2, 0.25) is 0 Å². The molecule has 2 N–H and O–H groups in total. The summed E-state index contributed by atoms with van der Waals surface area (Å²) in [5, 5.41) is 13.5. The maximum atomic E-state index is 15.2. The molecule has 4 heterocycles. The van der Waals surface area contributed by atoms with Crippen LogP contribution < -0.4 is 5.32 Å². The molecule has 4 aromatic rings. The summed E-state index contributed by atoms with van der Waals surface area (Å²) in [5.41, 5.74) is 2.21. The van der Waals surface area contributed by atoms with Crippen LogP contribution in [0.5, 0.6) is 0 Å². The number of hydrogen-bond donors (Lipinski definition) is 2. The van der Waals surface area contributed by atoms with E-state index >= 15 is 4.39 Å². The maximum Gasteiger partial charge on any atom is 0.355 e. The number of halogens is 2. The van der Waals surface area contributed by atoms with Crippen LogP contribution in [0.2, 0.25) is 0 Å². The van der Waals surface area contributed by atoms with Crippen LogP contribution in [0.25, 0.3) is 26.4 Å². The Morgan fingerprint density at radius 3 is 2.65 bits per heavy atom. The average molecular weight is 567 g/mol. The van der Waals surface area contributed by atoms with Gasteiger partial charge in [-0.3, -0.25) is 9.20 Å². The number of unbranched alkanes of at least 4 members (excludes halogenated alkanes) is 1. The number of thiazole rings is 1. The average Bonchev–Trinajstić information content (AvgIpc) is 3.67. The number of carbonyl (C=O) groups excluding carboxylic acids is 1. The van der Waals surface area contributed by atoms with Crippen LogP contribution in [0.15, 0.2) is 36.4 Å². The fraction of sp³-hybridized carbons (Fsp3) is 0.433. The second-order valence-corrected chi connectivity index (χ2v) is 11.8. The van der Waals surface area contributed by atoms with Crippen molar-refractivity contribution in [2.24, 2.45) is 0 Å². The zero-order valence-corrected chi connectivity index (χ0v) is 23.0. The third-order valence-corrected chi connectivity index (χ3v) is 9.13. The van der Waals surface area contributed by atoms with Crippen LogP contribution >= 0.6 is 11.3 Å². The highest BCUT2D eigenvalue weighted by atomic mass is 32.1. The Kier molecular flexibility index (Phi) is 7.65. The first kappa shape index (κ1) is 27.0. The maximum absolute atomic E-state index is 15.2. The molecule has 10 heteroatoms. The van der Waals surface area contributed by atoms with Crippen molar-refractivity contribution in [3.63, 3.8) is 0 Å². The van der Waals surface area contributed by atoms with Gasteiger partial charge in [0.05, 0.1) is 10.2 Å². The Balaban J connectivity index is 1.21.